The van der Waals surface area contributed by atoms with E-state index in [0.717, 1.165) is 110 Å². The van der Waals surface area contributed by atoms with E-state index >= 15 is 0 Å². The van der Waals surface area contributed by atoms with Gasteiger partial charge in [-0.15, -0.1) is 0 Å². The molecule has 12 fully saturated rings. The van der Waals surface area contributed by atoms with Crippen molar-refractivity contribution in [3.63, 3.8) is 0 Å². The summed E-state index contributed by atoms with van der Waals surface area (Å²) in [5.74, 6) is -2.73. The zero-order valence-electron chi connectivity index (χ0n) is 87.8. The predicted octanol–water partition coefficient (Wildman–Crippen LogP) is 14.2. The van der Waals surface area contributed by atoms with Crippen LogP contribution in [0.15, 0.2) is 108 Å². The number of rotatable bonds is 10. The Balaban J connectivity index is 0.000000136. The Labute approximate surface area is 853 Å². The zero-order chi connectivity index (χ0) is 105. The van der Waals surface area contributed by atoms with Gasteiger partial charge in [0.2, 0.25) is 27.5 Å². The number of para-hydroxylation sites is 4. The van der Waals surface area contributed by atoms with Gasteiger partial charge in [0.1, 0.15) is 108 Å². The van der Waals surface area contributed by atoms with Gasteiger partial charge in [0.15, 0.2) is 17.2 Å². The maximum atomic E-state index is 13.8. The van der Waals surface area contributed by atoms with Crippen LogP contribution in [0, 0.1) is 81.3 Å². The molecule has 5 saturated carbocycles. The first kappa shape index (κ1) is 110. The molecule has 4 bridgehead atoms. The van der Waals surface area contributed by atoms with Gasteiger partial charge in [-0.3, -0.25) is 33.8 Å². The maximum absolute atomic E-state index is 13.8. The zero-order valence-corrected chi connectivity index (χ0v) is 87.8. The molecule has 34 heteroatoms. The van der Waals surface area contributed by atoms with Crippen LogP contribution in [0.1, 0.15) is 248 Å². The summed E-state index contributed by atoms with van der Waals surface area (Å²) in [4.78, 5) is 152. The first-order valence-electron chi connectivity index (χ1n) is 51.4. The third-order valence-corrected chi connectivity index (χ3v) is 33.1. The van der Waals surface area contributed by atoms with Gasteiger partial charge in [0, 0.05) is 107 Å². The molecule has 20 rings (SSSR count). The van der Waals surface area contributed by atoms with Crippen molar-refractivity contribution in [3.8, 4) is 23.0 Å². The van der Waals surface area contributed by atoms with E-state index in [0.29, 0.717) is 79.6 Å². The number of carboxylic acid groups (broad SMARTS) is 2. The van der Waals surface area contributed by atoms with Crippen molar-refractivity contribution in [1.29, 1.82) is 0 Å². The number of ether oxygens (including phenoxy) is 12. The number of nitrogens with one attached hydrogen (secondary N) is 2. The molecular weight excluding hydrogens is 1850 g/mol. The molecule has 32 nitrogen and oxygen atoms in total. The monoisotopic (exact) mass is 2000 g/mol. The van der Waals surface area contributed by atoms with E-state index in [2.05, 4.69) is 66.5 Å². The summed E-state index contributed by atoms with van der Waals surface area (Å²) in [6, 6.07) is 27.3. The van der Waals surface area contributed by atoms with Crippen molar-refractivity contribution >= 4 is 104 Å². The number of carboxylic acids is 2. The summed E-state index contributed by atoms with van der Waals surface area (Å²) in [7, 11) is 13.4. The Kier molecular flexibility index (Phi) is 33.0. The number of piperidine rings is 1. The van der Waals surface area contributed by atoms with Crippen molar-refractivity contribution in [1.82, 2.24) is 20.4 Å². The summed E-state index contributed by atoms with van der Waals surface area (Å²) in [5, 5.41) is 24.5. The first-order valence-corrected chi connectivity index (χ1v) is 51.4. The van der Waals surface area contributed by atoms with Crippen LogP contribution in [0.3, 0.4) is 0 Å². The number of benzene rings is 4. The van der Waals surface area contributed by atoms with Crippen LogP contribution in [0.4, 0.5) is 9.59 Å². The van der Waals surface area contributed by atoms with Crippen LogP contribution in [0.25, 0.3) is 6.08 Å². The average molecular weight is 2000 g/mol. The van der Waals surface area contributed by atoms with Crippen molar-refractivity contribution in [2.45, 2.75) is 290 Å². The molecule has 0 spiro atoms. The van der Waals surface area contributed by atoms with E-state index in [-0.39, 0.29) is 149 Å². The van der Waals surface area contributed by atoms with Crippen LogP contribution in [0.2, 0.25) is 0 Å². The molecule has 782 valence electrons. The fourth-order valence-electron chi connectivity index (χ4n) is 25.4. The van der Waals surface area contributed by atoms with Gasteiger partial charge in [-0.25, -0.2) is 33.3 Å². The largest absolute Gasteiger partial charge is 0.493 e. The summed E-state index contributed by atoms with van der Waals surface area (Å²) in [6.45, 7) is 40.0. The van der Waals surface area contributed by atoms with Crippen molar-refractivity contribution in [3.05, 3.63) is 125 Å². The summed E-state index contributed by atoms with van der Waals surface area (Å²) < 4.78 is 68.6. The molecule has 16 aliphatic rings. The second-order valence-electron chi connectivity index (χ2n) is 46.9. The second kappa shape index (κ2) is 43.7. The average Bonchev–Trinajstić information content (AvgIpc) is 1.54. The topological polar surface area (TPSA) is 402 Å². The number of nitrogens with zero attached hydrogens (tertiary/aromatic N) is 4. The Morgan fingerprint density at radius 3 is 1.54 bits per heavy atom. The van der Waals surface area contributed by atoms with Gasteiger partial charge in [0.25, 0.3) is 5.71 Å². The number of aliphatic imine (C=N–C) groups is 1. The first-order chi connectivity index (χ1) is 68.2. The van der Waals surface area contributed by atoms with Gasteiger partial charge >= 0.3 is 47.8 Å². The Morgan fingerprint density at radius 2 is 1.00 bits per heavy atom. The molecule has 0 aromatic heterocycles. The molecule has 4 N–H and O–H groups in total. The Morgan fingerprint density at radius 1 is 0.503 bits per heavy atom. The van der Waals surface area contributed by atoms with Crippen LogP contribution in [-0.4, -0.2) is 267 Å². The fourth-order valence-corrected chi connectivity index (χ4v) is 25.4. The minimum atomic E-state index is -1.02. The highest BCUT2D eigenvalue weighted by Gasteiger charge is 2.69. The van der Waals surface area contributed by atoms with Crippen LogP contribution < -0.4 is 29.6 Å². The van der Waals surface area contributed by atoms with Gasteiger partial charge in [-0.1, -0.05) is 133 Å². The lowest BCUT2D eigenvalue weighted by Crippen LogP contribution is -2.51. The number of amides is 4. The highest BCUT2D eigenvalue weighted by Crippen LogP contribution is 2.65. The minimum Gasteiger partial charge on any atom is -0.493 e. The third-order valence-electron chi connectivity index (χ3n) is 33.1. The normalized spacial score (nSPS) is 31.7. The molecule has 5 aliphatic carbocycles. The number of carbonyl (C=O) groups is 12. The molecule has 11 aliphatic heterocycles. The van der Waals surface area contributed by atoms with Gasteiger partial charge < -0.3 is 87.5 Å². The lowest BCUT2D eigenvalue weighted by molar-refractivity contribution is -0.600. The van der Waals surface area contributed by atoms with Crippen molar-refractivity contribution in [2.24, 2.45) is 86.3 Å². The molecule has 145 heavy (non-hydrogen) atoms. The molecular formula is C111H147B2N6O26+. The number of hydrogen-bond acceptors (Lipinski definition) is 25. The molecule has 4 amide bonds. The highest BCUT2D eigenvalue weighted by molar-refractivity contribution is 6.57. The molecule has 8 unspecified atom stereocenters. The van der Waals surface area contributed by atoms with E-state index < -0.39 is 82.0 Å². The molecule has 4 radical (unpaired) electrons. The van der Waals surface area contributed by atoms with E-state index in [1.54, 1.807) is 6.08 Å². The van der Waals surface area contributed by atoms with E-state index in [4.69, 9.17) is 67.8 Å². The van der Waals surface area contributed by atoms with E-state index in [9.17, 15) is 67.7 Å². The Bertz CT molecular complexity index is 5630. The smallest absolute Gasteiger partial charge is 0.399 e. The number of hydrogen-bond donors (Lipinski definition) is 4. The highest BCUT2D eigenvalue weighted by atomic mass is 16.6. The molecule has 4 aromatic rings. The number of fused-ring (bicyclic) bond motifs is 18. The summed E-state index contributed by atoms with van der Waals surface area (Å²) >= 11 is 0. The van der Waals surface area contributed by atoms with E-state index in [1.165, 1.54) is 49.0 Å². The van der Waals surface area contributed by atoms with Crippen molar-refractivity contribution < 1.29 is 129 Å². The number of likely N-dealkylation sites (tertiary alicyclic amines) is 2. The SMILES string of the molecule is CC(C)(C)OC(=O)CN=C1CC2CCC1(C)C2(C)C.CC(C)(C)OC(=O)[C@H]1NC(=O)[C@@H]2COC3CCCCC3[C@H]12.CC(C)(C)OC(=O)[C@H]1NC(=O)[C@@H]2COc3ccccc3[C@H]12.COC(=O)C1=Cc2ccccc2OC1.COC(=O)[C@@H]1COc2ccccc2[C@@H]1C(C(=O)OC(C)(C)C)=[N+]1CC2CCC1(C)C2(C)C.[B]C(=O)N1C[C@@H]2COC3CCCCC3[C@@H]2[C@H]1C(=O)O.[B]C(=O)N1C[C@@H]2COc3ccccc3[C@@H]2[C@H]1C(=O)O. The van der Waals surface area contributed by atoms with E-state index in [1.807, 2.05) is 180 Å². The van der Waals surface area contributed by atoms with Gasteiger partial charge in [-0.2, -0.15) is 0 Å². The molecule has 7 saturated heterocycles. The maximum Gasteiger partial charge on any atom is 0.399 e. The standard InChI is InChI=1S/C26H36NO5.C16H25NO4.C16H19NO4.C16H27NO2.C13H18BNO4.C13H12BNO4.C11H10O3/c1-24(2,3)32-23(29)21(27-14-16-12-13-26(27,6)25(16,4)5)20-17-10-8-9-11-19(17)31-15-18(20)22(28)30-7;2*1-16(2,3)21-15(19)13-12-9-6-4-5-7-11(9)20-8-10(12)14(18)17-13;1-14(2,3)19-13(18)10-17-12-9-11-7-8-16(12,6)15(11,4)5;2*14-13(18)15-5-7-6-19-9-4-2-1-3-8(9)10(7)11(15)12(16)17;1-13-11(12)9-6-8-4-2-3-5-10(8)14-7-9/h8-11,16,18,20H,12-15H2,1-7H3;9-13H,4-8H2,1-3H3,(H,17,18);4-7,10,12-13H,8H2,1-3H3,(H,17,18);11H,7-10H2,1-6H3;7-11H,1-6H2,(H,16,17);1-4,7,10-11H,5-6H2,(H,16,17);2-6H,7H2,1H3/q+1;;;;;;/t16?,18-,20+,26?;9?,10-,11?,12+,13+;10-,12+,13+;;7-,8?,9?,10-,11+;7-,10-,11+;/m111.11./s1. The summed E-state index contributed by atoms with van der Waals surface area (Å²) in [6.07, 6.45) is 16.6. The third kappa shape index (κ3) is 23.4. The number of methoxy groups -OCH3 is 2. The summed E-state index contributed by atoms with van der Waals surface area (Å²) in [5.41, 5.74) is 3.99. The van der Waals surface area contributed by atoms with Crippen LogP contribution in [0.5, 0.6) is 23.0 Å². The number of carbonyl (C=O) groups excluding carboxylic acids is 10. The quantitative estimate of drug-likeness (QED) is 0.0496. The van der Waals surface area contributed by atoms with Crippen LogP contribution in [-0.2, 0) is 85.8 Å². The van der Waals surface area contributed by atoms with Crippen molar-refractivity contribution in [2.75, 3.05) is 80.0 Å². The minimum absolute atomic E-state index is 0.00375. The number of esters is 6. The lowest BCUT2D eigenvalue weighted by Gasteiger charge is -2.43. The number of aliphatic carboxylic acids is 2. The fraction of sp³-hybridized carbons (Fsp3) is 0.640. The second-order valence-corrected chi connectivity index (χ2v) is 46.9. The predicted molar refractivity (Wildman–Crippen MR) is 538 cm³/mol. The lowest BCUT2D eigenvalue weighted by atomic mass is 9.69. The molecule has 22 atom stereocenters. The molecule has 4 aromatic carbocycles. The molecule has 11 heterocycles. The van der Waals surface area contributed by atoms with Crippen LogP contribution >= 0.6 is 0 Å². The Hall–Kier alpha value is -11.2. The van der Waals surface area contributed by atoms with Gasteiger partial charge in [-0.05, 0) is 188 Å². The van der Waals surface area contributed by atoms with Gasteiger partial charge in [0.05, 0.1) is 69.6 Å².